The molecule has 1 atom stereocenters. The minimum atomic E-state index is -0.714. The first kappa shape index (κ1) is 21.7. The number of benzene rings is 3. The van der Waals surface area contributed by atoms with Gasteiger partial charge < -0.3 is 14.2 Å². The van der Waals surface area contributed by atoms with Gasteiger partial charge in [-0.05, 0) is 60.5 Å². The van der Waals surface area contributed by atoms with Crippen molar-refractivity contribution in [2.75, 3.05) is 0 Å². The predicted molar refractivity (Wildman–Crippen MR) is 118 cm³/mol. The molecule has 0 aliphatic rings. The fourth-order valence-corrected chi connectivity index (χ4v) is 3.12. The lowest BCUT2D eigenvalue weighted by molar-refractivity contribution is -0.155. The van der Waals surface area contributed by atoms with E-state index >= 15 is 0 Å². The van der Waals surface area contributed by atoms with Crippen LogP contribution in [0.4, 0.5) is 0 Å². The molecule has 0 saturated carbocycles. The molecule has 5 heteroatoms. The first-order valence-corrected chi connectivity index (χ1v) is 10.2. The van der Waals surface area contributed by atoms with Crippen LogP contribution >= 0.6 is 11.6 Å². The zero-order chi connectivity index (χ0) is 21.5. The molecule has 0 radical (unpaired) electrons. The number of halogens is 1. The number of hydrogen-bond donors (Lipinski definition) is 0. The van der Waals surface area contributed by atoms with Crippen molar-refractivity contribution in [2.45, 2.75) is 33.5 Å². The van der Waals surface area contributed by atoms with E-state index in [0.717, 1.165) is 16.9 Å². The molecule has 1 unspecified atom stereocenters. The van der Waals surface area contributed by atoms with Crippen LogP contribution in [0.25, 0.3) is 0 Å². The van der Waals surface area contributed by atoms with Crippen molar-refractivity contribution in [1.29, 1.82) is 0 Å². The van der Waals surface area contributed by atoms with E-state index in [-0.39, 0.29) is 12.5 Å². The molecular formula is C25H25ClO4. The maximum atomic E-state index is 12.7. The summed E-state index contributed by atoms with van der Waals surface area (Å²) in [6.07, 6.45) is -0.714. The number of aryl methyl sites for hydroxylation is 1. The third kappa shape index (κ3) is 6.01. The van der Waals surface area contributed by atoms with Gasteiger partial charge in [0.2, 0.25) is 0 Å². The van der Waals surface area contributed by atoms with Crippen molar-refractivity contribution in [3.05, 3.63) is 88.9 Å². The SMILES string of the molecule is Cc1cc(Cl)ccc1OC(C(=O)OCc1cccc(Oc2ccccc2)c1)C(C)C. The topological polar surface area (TPSA) is 44.8 Å². The zero-order valence-electron chi connectivity index (χ0n) is 17.3. The number of para-hydroxylation sites is 1. The molecule has 3 aromatic rings. The summed E-state index contributed by atoms with van der Waals surface area (Å²) in [5.41, 5.74) is 1.70. The Morgan fingerprint density at radius 1 is 0.933 bits per heavy atom. The predicted octanol–water partition coefficient (Wildman–Crippen LogP) is 6.59. The summed E-state index contributed by atoms with van der Waals surface area (Å²) in [6.45, 7) is 5.87. The molecule has 0 saturated heterocycles. The van der Waals surface area contributed by atoms with Crippen molar-refractivity contribution in [2.24, 2.45) is 5.92 Å². The quantitative estimate of drug-likeness (QED) is 0.383. The molecule has 4 nitrogen and oxygen atoms in total. The number of carbonyl (C=O) groups excluding carboxylic acids is 1. The Kier molecular flexibility index (Phi) is 7.36. The molecule has 0 N–H and O–H groups in total. The third-order valence-electron chi connectivity index (χ3n) is 4.49. The fraction of sp³-hybridized carbons (Fsp3) is 0.240. The molecule has 156 valence electrons. The van der Waals surface area contributed by atoms with Gasteiger partial charge in [0.15, 0.2) is 6.10 Å². The van der Waals surface area contributed by atoms with Gasteiger partial charge in [0.05, 0.1) is 0 Å². The molecule has 3 rings (SSSR count). The van der Waals surface area contributed by atoms with Crippen molar-refractivity contribution >= 4 is 17.6 Å². The van der Waals surface area contributed by atoms with E-state index in [0.29, 0.717) is 16.5 Å². The summed E-state index contributed by atoms with van der Waals surface area (Å²) in [4.78, 5) is 12.7. The Balaban J connectivity index is 1.63. The molecule has 30 heavy (non-hydrogen) atoms. The molecule has 0 aromatic heterocycles. The monoisotopic (exact) mass is 424 g/mol. The van der Waals surface area contributed by atoms with Gasteiger partial charge in [-0.1, -0.05) is 55.8 Å². The Morgan fingerprint density at radius 3 is 2.37 bits per heavy atom. The van der Waals surface area contributed by atoms with Gasteiger partial charge in [0, 0.05) is 10.9 Å². The molecule has 0 heterocycles. The second-order valence-electron chi connectivity index (χ2n) is 7.36. The number of esters is 1. The van der Waals surface area contributed by atoms with Gasteiger partial charge >= 0.3 is 5.97 Å². The zero-order valence-corrected chi connectivity index (χ0v) is 18.1. The summed E-state index contributed by atoms with van der Waals surface area (Å²) in [5.74, 6) is 1.59. The summed E-state index contributed by atoms with van der Waals surface area (Å²) >= 11 is 6.00. The van der Waals surface area contributed by atoms with Crippen molar-refractivity contribution in [3.8, 4) is 17.2 Å². The lowest BCUT2D eigenvalue weighted by Crippen LogP contribution is -2.34. The lowest BCUT2D eigenvalue weighted by atomic mass is 10.1. The van der Waals surface area contributed by atoms with Crippen LogP contribution in [0.1, 0.15) is 25.0 Å². The van der Waals surface area contributed by atoms with E-state index in [4.69, 9.17) is 25.8 Å². The van der Waals surface area contributed by atoms with Crippen LogP contribution in [0.15, 0.2) is 72.8 Å². The van der Waals surface area contributed by atoms with Gasteiger partial charge in [0.1, 0.15) is 23.9 Å². The lowest BCUT2D eigenvalue weighted by Gasteiger charge is -2.22. The van der Waals surface area contributed by atoms with Crippen LogP contribution in [0, 0.1) is 12.8 Å². The second kappa shape index (κ2) is 10.2. The molecule has 0 spiro atoms. The van der Waals surface area contributed by atoms with Crippen LogP contribution in [0.5, 0.6) is 17.2 Å². The standard InChI is InChI=1S/C25H25ClO4/c1-17(2)24(30-23-13-12-20(26)14-18(23)3)25(27)28-16-19-8-7-11-22(15-19)29-21-9-5-4-6-10-21/h4-15,17,24H,16H2,1-3H3. The highest BCUT2D eigenvalue weighted by Gasteiger charge is 2.26. The Morgan fingerprint density at radius 2 is 1.67 bits per heavy atom. The van der Waals surface area contributed by atoms with Crippen molar-refractivity contribution in [1.82, 2.24) is 0 Å². The van der Waals surface area contributed by atoms with E-state index in [9.17, 15) is 4.79 Å². The number of carbonyl (C=O) groups is 1. The largest absolute Gasteiger partial charge is 0.478 e. The number of ether oxygens (including phenoxy) is 3. The normalized spacial score (nSPS) is 11.8. The van der Waals surface area contributed by atoms with E-state index in [1.54, 1.807) is 18.2 Å². The molecule has 0 aliphatic carbocycles. The molecule has 0 amide bonds. The van der Waals surface area contributed by atoms with Crippen LogP contribution in [0.2, 0.25) is 5.02 Å². The van der Waals surface area contributed by atoms with Gasteiger partial charge in [-0.25, -0.2) is 4.79 Å². The number of rotatable bonds is 8. The third-order valence-corrected chi connectivity index (χ3v) is 4.72. The summed E-state index contributed by atoms with van der Waals surface area (Å²) in [5, 5.41) is 0.626. The highest BCUT2D eigenvalue weighted by Crippen LogP contribution is 2.25. The maximum absolute atomic E-state index is 12.7. The first-order chi connectivity index (χ1) is 14.4. The van der Waals surface area contributed by atoms with Crippen molar-refractivity contribution in [3.63, 3.8) is 0 Å². The van der Waals surface area contributed by atoms with E-state index < -0.39 is 12.1 Å². The van der Waals surface area contributed by atoms with Crippen molar-refractivity contribution < 1.29 is 19.0 Å². The average molecular weight is 425 g/mol. The van der Waals surface area contributed by atoms with Crippen LogP contribution < -0.4 is 9.47 Å². The minimum absolute atomic E-state index is 0.0553. The smallest absolute Gasteiger partial charge is 0.347 e. The first-order valence-electron chi connectivity index (χ1n) is 9.83. The maximum Gasteiger partial charge on any atom is 0.347 e. The molecule has 0 aliphatic heterocycles. The molecular weight excluding hydrogens is 400 g/mol. The van der Waals surface area contributed by atoms with Crippen LogP contribution in [0.3, 0.4) is 0 Å². The van der Waals surface area contributed by atoms with E-state index in [2.05, 4.69) is 0 Å². The highest BCUT2D eigenvalue weighted by molar-refractivity contribution is 6.30. The Hall–Kier alpha value is -2.98. The molecule has 0 fully saturated rings. The molecule has 3 aromatic carbocycles. The Labute approximate surface area is 182 Å². The number of hydrogen-bond acceptors (Lipinski definition) is 4. The van der Waals surface area contributed by atoms with E-state index in [1.165, 1.54) is 0 Å². The fourth-order valence-electron chi connectivity index (χ4n) is 2.90. The summed E-state index contributed by atoms with van der Waals surface area (Å²) in [7, 11) is 0. The second-order valence-corrected chi connectivity index (χ2v) is 7.80. The van der Waals surface area contributed by atoms with Gasteiger partial charge in [-0.3, -0.25) is 0 Å². The van der Waals surface area contributed by atoms with Gasteiger partial charge in [0.25, 0.3) is 0 Å². The Bertz CT molecular complexity index is 985. The van der Waals surface area contributed by atoms with Crippen LogP contribution in [-0.4, -0.2) is 12.1 Å². The molecule has 0 bridgehead atoms. The van der Waals surface area contributed by atoms with E-state index in [1.807, 2.05) is 75.4 Å². The van der Waals surface area contributed by atoms with Gasteiger partial charge in [-0.2, -0.15) is 0 Å². The minimum Gasteiger partial charge on any atom is -0.478 e. The highest BCUT2D eigenvalue weighted by atomic mass is 35.5. The summed E-state index contributed by atoms with van der Waals surface area (Å²) in [6, 6.07) is 22.3. The average Bonchev–Trinajstić information content (AvgIpc) is 2.72. The van der Waals surface area contributed by atoms with Crippen LogP contribution in [-0.2, 0) is 16.1 Å². The van der Waals surface area contributed by atoms with Gasteiger partial charge in [-0.15, -0.1) is 0 Å². The summed E-state index contributed by atoms with van der Waals surface area (Å²) < 4.78 is 17.3.